The lowest BCUT2D eigenvalue weighted by molar-refractivity contribution is -0.384. The number of ether oxygens (including phenoxy) is 1. The highest BCUT2D eigenvalue weighted by Gasteiger charge is 2.43. The zero-order valence-electron chi connectivity index (χ0n) is 8.71. The van der Waals surface area contributed by atoms with E-state index < -0.39 is 36.1 Å². The predicted molar refractivity (Wildman–Crippen MR) is 54.1 cm³/mol. The number of rotatable bonds is 3. The molecule has 1 aromatic rings. The van der Waals surface area contributed by atoms with E-state index in [0.29, 0.717) is 0 Å². The lowest BCUT2D eigenvalue weighted by atomic mass is 10.1. The van der Waals surface area contributed by atoms with Crippen LogP contribution in [0.4, 0.5) is 5.69 Å². The number of hydrogen-bond acceptors (Lipinski definition) is 6. The highest BCUT2D eigenvalue weighted by atomic mass is 16.6. The molecule has 3 N–H and O–H groups in total. The molecular weight excluding hydrogens is 232 g/mol. The molecule has 1 aliphatic heterocycles. The molecule has 1 unspecified atom stereocenters. The third-order valence-corrected chi connectivity index (χ3v) is 2.72. The fraction of sp³-hybridized carbons (Fsp3) is 0.556. The number of aromatic nitrogens is 1. The third-order valence-electron chi connectivity index (χ3n) is 2.72. The van der Waals surface area contributed by atoms with Crippen LogP contribution in [0.1, 0.15) is 6.23 Å². The van der Waals surface area contributed by atoms with Crippen molar-refractivity contribution in [1.82, 2.24) is 4.57 Å². The first-order valence-electron chi connectivity index (χ1n) is 4.99. The van der Waals surface area contributed by atoms with Crippen LogP contribution in [0.2, 0.25) is 0 Å². The summed E-state index contributed by atoms with van der Waals surface area (Å²) in [5.41, 5.74) is -0.136. The number of aliphatic hydroxyl groups is 3. The Labute approximate surface area is 95.8 Å². The first-order valence-corrected chi connectivity index (χ1v) is 4.99. The Kier molecular flexibility index (Phi) is 3.11. The van der Waals surface area contributed by atoms with Crippen molar-refractivity contribution in [3.05, 3.63) is 28.6 Å². The average molecular weight is 244 g/mol. The molecule has 8 heteroatoms. The molecule has 0 amide bonds. The highest BCUT2D eigenvalue weighted by molar-refractivity contribution is 5.26. The molecule has 4 atom stereocenters. The van der Waals surface area contributed by atoms with Gasteiger partial charge in [-0.1, -0.05) is 0 Å². The Morgan fingerprint density at radius 2 is 2.18 bits per heavy atom. The fourth-order valence-electron chi connectivity index (χ4n) is 1.79. The van der Waals surface area contributed by atoms with Crippen LogP contribution in [-0.2, 0) is 4.74 Å². The van der Waals surface area contributed by atoms with Crippen molar-refractivity contribution in [2.75, 3.05) is 6.61 Å². The second-order valence-corrected chi connectivity index (χ2v) is 3.80. The van der Waals surface area contributed by atoms with E-state index >= 15 is 0 Å². The molecule has 0 aliphatic carbocycles. The van der Waals surface area contributed by atoms with Crippen molar-refractivity contribution in [3.8, 4) is 0 Å². The summed E-state index contributed by atoms with van der Waals surface area (Å²) in [6.07, 6.45) is -1.71. The minimum atomic E-state index is -1.24. The monoisotopic (exact) mass is 244 g/mol. The SMILES string of the molecule is O=[N+]([O-])c1ccn(C2O[C@H](CO)[C@@H](O)[C@H]2O)c1. The van der Waals surface area contributed by atoms with E-state index in [1.807, 2.05) is 0 Å². The lowest BCUT2D eigenvalue weighted by Gasteiger charge is -2.15. The molecule has 1 aromatic heterocycles. The molecular formula is C9H12N2O6. The summed E-state index contributed by atoms with van der Waals surface area (Å²) in [6, 6.07) is 1.26. The summed E-state index contributed by atoms with van der Waals surface area (Å²) in [5.74, 6) is 0. The van der Waals surface area contributed by atoms with Crippen LogP contribution < -0.4 is 0 Å². The summed E-state index contributed by atoms with van der Waals surface area (Å²) >= 11 is 0. The lowest BCUT2D eigenvalue weighted by Crippen LogP contribution is -2.33. The first-order chi connectivity index (χ1) is 8.04. The van der Waals surface area contributed by atoms with E-state index in [9.17, 15) is 20.3 Å². The van der Waals surface area contributed by atoms with Gasteiger partial charge in [-0.25, -0.2) is 0 Å². The van der Waals surface area contributed by atoms with Crippen molar-refractivity contribution < 1.29 is 25.0 Å². The van der Waals surface area contributed by atoms with Gasteiger partial charge in [0.2, 0.25) is 0 Å². The van der Waals surface area contributed by atoms with Gasteiger partial charge in [-0.2, -0.15) is 0 Å². The first kappa shape index (κ1) is 12.0. The Morgan fingerprint density at radius 3 is 2.65 bits per heavy atom. The normalized spacial score (nSPS) is 32.9. The van der Waals surface area contributed by atoms with Crippen molar-refractivity contribution in [1.29, 1.82) is 0 Å². The fourth-order valence-corrected chi connectivity index (χ4v) is 1.79. The van der Waals surface area contributed by atoms with Gasteiger partial charge in [-0.3, -0.25) is 10.1 Å². The standard InChI is InChI=1S/C9H12N2O6/c12-4-6-7(13)8(14)9(17-6)10-2-1-5(3-10)11(15)16/h1-3,6-9,12-14H,4H2/t6-,7-,8-,9?/m1/s1. The van der Waals surface area contributed by atoms with Crippen molar-refractivity contribution >= 4 is 5.69 Å². The van der Waals surface area contributed by atoms with Crippen LogP contribution in [0.25, 0.3) is 0 Å². The molecule has 0 saturated carbocycles. The molecule has 0 bridgehead atoms. The van der Waals surface area contributed by atoms with Crippen LogP contribution in [-0.4, -0.2) is 49.7 Å². The maximum atomic E-state index is 10.5. The van der Waals surface area contributed by atoms with E-state index in [1.165, 1.54) is 23.0 Å². The van der Waals surface area contributed by atoms with E-state index in [1.54, 1.807) is 0 Å². The van der Waals surface area contributed by atoms with Crippen molar-refractivity contribution in [2.24, 2.45) is 0 Å². The van der Waals surface area contributed by atoms with Gasteiger partial charge in [-0.05, 0) is 0 Å². The molecule has 1 fully saturated rings. The Balaban J connectivity index is 2.19. The van der Waals surface area contributed by atoms with Gasteiger partial charge < -0.3 is 24.6 Å². The minimum absolute atomic E-state index is 0.136. The number of aliphatic hydroxyl groups excluding tert-OH is 3. The summed E-state index contributed by atoms with van der Waals surface area (Å²) in [5, 5.41) is 38.6. The van der Waals surface area contributed by atoms with Crippen LogP contribution in [0, 0.1) is 10.1 Å². The van der Waals surface area contributed by atoms with Crippen LogP contribution in [0.15, 0.2) is 18.5 Å². The maximum Gasteiger partial charge on any atom is 0.286 e. The van der Waals surface area contributed by atoms with Crippen LogP contribution in [0.3, 0.4) is 0 Å². The zero-order chi connectivity index (χ0) is 12.6. The summed E-state index contributed by atoms with van der Waals surface area (Å²) in [4.78, 5) is 9.92. The van der Waals surface area contributed by atoms with Gasteiger partial charge in [-0.15, -0.1) is 0 Å². The molecule has 0 spiro atoms. The average Bonchev–Trinajstić information content (AvgIpc) is 2.87. The molecule has 94 valence electrons. The molecule has 0 aromatic carbocycles. The molecule has 1 saturated heterocycles. The van der Waals surface area contributed by atoms with Crippen molar-refractivity contribution in [3.63, 3.8) is 0 Å². The highest BCUT2D eigenvalue weighted by Crippen LogP contribution is 2.30. The van der Waals surface area contributed by atoms with E-state index in [4.69, 9.17) is 9.84 Å². The van der Waals surface area contributed by atoms with Gasteiger partial charge >= 0.3 is 0 Å². The Hall–Kier alpha value is -1.48. The quantitative estimate of drug-likeness (QED) is 0.464. The molecule has 1 aliphatic rings. The third kappa shape index (κ3) is 2.03. The zero-order valence-corrected chi connectivity index (χ0v) is 8.71. The number of hydrogen-bond donors (Lipinski definition) is 3. The smallest absolute Gasteiger partial charge is 0.286 e. The Bertz CT molecular complexity index is 419. The topological polar surface area (TPSA) is 118 Å². The largest absolute Gasteiger partial charge is 0.394 e. The van der Waals surface area contributed by atoms with Gasteiger partial charge in [0.05, 0.1) is 17.7 Å². The molecule has 2 heterocycles. The van der Waals surface area contributed by atoms with E-state index in [2.05, 4.69) is 0 Å². The molecule has 0 radical (unpaired) electrons. The summed E-state index contributed by atoms with van der Waals surface area (Å²) < 4.78 is 6.50. The Morgan fingerprint density at radius 1 is 1.47 bits per heavy atom. The molecule has 2 rings (SSSR count). The van der Waals surface area contributed by atoms with Gasteiger partial charge in [0.15, 0.2) is 6.23 Å². The molecule has 8 nitrogen and oxygen atoms in total. The van der Waals surface area contributed by atoms with Crippen LogP contribution in [0.5, 0.6) is 0 Å². The minimum Gasteiger partial charge on any atom is -0.394 e. The van der Waals surface area contributed by atoms with Crippen LogP contribution >= 0.6 is 0 Å². The molecule has 17 heavy (non-hydrogen) atoms. The summed E-state index contributed by atoms with van der Waals surface area (Å²) in [6.45, 7) is -0.432. The van der Waals surface area contributed by atoms with Gasteiger partial charge in [0.1, 0.15) is 18.3 Å². The number of nitrogens with zero attached hydrogens (tertiary/aromatic N) is 2. The van der Waals surface area contributed by atoms with E-state index in [0.717, 1.165) is 0 Å². The maximum absolute atomic E-state index is 10.5. The number of nitro groups is 1. The predicted octanol–water partition coefficient (Wildman–Crippen LogP) is -0.992. The van der Waals surface area contributed by atoms with Crippen molar-refractivity contribution in [2.45, 2.75) is 24.5 Å². The summed E-state index contributed by atoms with van der Waals surface area (Å²) in [7, 11) is 0. The second kappa shape index (κ2) is 4.41. The van der Waals surface area contributed by atoms with E-state index in [-0.39, 0.29) is 5.69 Å². The second-order valence-electron chi connectivity index (χ2n) is 3.80. The van der Waals surface area contributed by atoms with Gasteiger partial charge in [0.25, 0.3) is 5.69 Å². The van der Waals surface area contributed by atoms with Gasteiger partial charge in [0, 0.05) is 12.3 Å².